The van der Waals surface area contributed by atoms with Gasteiger partial charge in [-0.3, -0.25) is 4.79 Å². The smallest absolute Gasteiger partial charge is 0.251 e. The molecule has 4 rings (SSSR count). The van der Waals surface area contributed by atoms with Gasteiger partial charge in [-0.1, -0.05) is 24.3 Å². The molecule has 1 saturated carbocycles. The normalized spacial score (nSPS) is 18.8. The lowest BCUT2D eigenvalue weighted by molar-refractivity contribution is 0.0926. The number of hydrogen-bond donors (Lipinski definition) is 2. The number of benzene rings is 2. The summed E-state index contributed by atoms with van der Waals surface area (Å²) in [4.78, 5) is 19.5. The van der Waals surface area contributed by atoms with Crippen molar-refractivity contribution in [3.05, 3.63) is 63.7 Å². The van der Waals surface area contributed by atoms with E-state index in [0.717, 1.165) is 51.5 Å². The SMILES string of the molecule is CN(C)c1cc(N[C@H]2CC[C@@H](NC(=O)c3cccc(I)c3)CC2)nc2ccccc12. The molecule has 0 unspecified atom stereocenters. The zero-order valence-electron chi connectivity index (χ0n) is 17.4. The Morgan fingerprint density at radius 2 is 1.73 bits per heavy atom. The number of carbonyl (C=O) groups is 1. The van der Waals surface area contributed by atoms with Crippen molar-refractivity contribution in [1.82, 2.24) is 10.3 Å². The van der Waals surface area contributed by atoms with Gasteiger partial charge in [0, 0.05) is 52.5 Å². The van der Waals surface area contributed by atoms with Crippen LogP contribution in [0.2, 0.25) is 0 Å². The molecule has 0 radical (unpaired) electrons. The summed E-state index contributed by atoms with van der Waals surface area (Å²) in [5.41, 5.74) is 2.91. The second-order valence-electron chi connectivity index (χ2n) is 8.11. The maximum atomic E-state index is 12.5. The van der Waals surface area contributed by atoms with Crippen molar-refractivity contribution < 1.29 is 4.79 Å². The van der Waals surface area contributed by atoms with Crippen LogP contribution in [0.25, 0.3) is 10.9 Å². The second-order valence-corrected chi connectivity index (χ2v) is 9.36. The standard InChI is InChI=1S/C24H27IN4O/c1-29(2)22-15-23(28-21-9-4-3-8-20(21)22)26-18-10-12-19(13-11-18)27-24(30)16-6-5-7-17(25)14-16/h3-9,14-15,18-19H,10-13H2,1-2H3,(H,26,28)(H,27,30)/t18-,19+. The maximum Gasteiger partial charge on any atom is 0.251 e. The lowest BCUT2D eigenvalue weighted by atomic mass is 9.91. The summed E-state index contributed by atoms with van der Waals surface area (Å²) in [5, 5.41) is 7.99. The highest BCUT2D eigenvalue weighted by atomic mass is 127. The minimum absolute atomic E-state index is 0.0248. The van der Waals surface area contributed by atoms with Gasteiger partial charge in [-0.15, -0.1) is 0 Å². The minimum Gasteiger partial charge on any atom is -0.377 e. The molecule has 0 bridgehead atoms. The van der Waals surface area contributed by atoms with E-state index in [1.165, 1.54) is 5.69 Å². The first-order valence-corrected chi connectivity index (χ1v) is 11.5. The van der Waals surface area contributed by atoms with E-state index in [4.69, 9.17) is 4.98 Å². The summed E-state index contributed by atoms with van der Waals surface area (Å²) in [6.45, 7) is 0. The van der Waals surface area contributed by atoms with E-state index in [1.807, 2.05) is 30.3 Å². The Morgan fingerprint density at radius 1 is 1.00 bits per heavy atom. The van der Waals surface area contributed by atoms with E-state index in [-0.39, 0.29) is 11.9 Å². The highest BCUT2D eigenvalue weighted by Gasteiger charge is 2.23. The molecule has 2 N–H and O–H groups in total. The number of aromatic nitrogens is 1. The van der Waals surface area contributed by atoms with Crippen LogP contribution < -0.4 is 15.5 Å². The molecule has 156 valence electrons. The molecule has 30 heavy (non-hydrogen) atoms. The van der Waals surface area contributed by atoms with Gasteiger partial charge in [0.2, 0.25) is 0 Å². The van der Waals surface area contributed by atoms with Gasteiger partial charge in [0.05, 0.1) is 5.52 Å². The molecule has 1 aliphatic carbocycles. The average Bonchev–Trinajstić information content (AvgIpc) is 2.74. The molecule has 1 aromatic heterocycles. The predicted octanol–water partition coefficient (Wildman–Crippen LogP) is 5.06. The van der Waals surface area contributed by atoms with Crippen LogP contribution in [0.5, 0.6) is 0 Å². The van der Waals surface area contributed by atoms with Gasteiger partial charge in [0.15, 0.2) is 0 Å². The Kier molecular flexibility index (Phi) is 6.41. The minimum atomic E-state index is 0.0248. The summed E-state index contributed by atoms with van der Waals surface area (Å²) >= 11 is 2.24. The van der Waals surface area contributed by atoms with Crippen LogP contribution in [0.3, 0.4) is 0 Å². The van der Waals surface area contributed by atoms with Crippen LogP contribution in [0.15, 0.2) is 54.6 Å². The second kappa shape index (κ2) is 9.20. The fourth-order valence-corrected chi connectivity index (χ4v) is 4.63. The first-order valence-electron chi connectivity index (χ1n) is 10.4. The van der Waals surface area contributed by atoms with Crippen molar-refractivity contribution in [3.63, 3.8) is 0 Å². The fraction of sp³-hybridized carbons (Fsp3) is 0.333. The van der Waals surface area contributed by atoms with Crippen molar-refractivity contribution in [1.29, 1.82) is 0 Å². The number of carbonyl (C=O) groups excluding carboxylic acids is 1. The third kappa shape index (κ3) is 4.86. The zero-order chi connectivity index (χ0) is 21.1. The van der Waals surface area contributed by atoms with Crippen LogP contribution in [-0.2, 0) is 0 Å². The van der Waals surface area contributed by atoms with Gasteiger partial charge in [-0.2, -0.15) is 0 Å². The van der Waals surface area contributed by atoms with Crippen molar-refractivity contribution in [3.8, 4) is 0 Å². The van der Waals surface area contributed by atoms with Gasteiger partial charge in [-0.05, 0) is 72.5 Å². The van der Waals surface area contributed by atoms with Crippen molar-refractivity contribution >= 4 is 50.9 Å². The highest BCUT2D eigenvalue weighted by molar-refractivity contribution is 14.1. The van der Waals surface area contributed by atoms with Crippen LogP contribution >= 0.6 is 22.6 Å². The van der Waals surface area contributed by atoms with Gasteiger partial charge in [0.25, 0.3) is 5.91 Å². The molecule has 0 saturated heterocycles. The molecule has 0 atom stereocenters. The fourth-order valence-electron chi connectivity index (χ4n) is 4.09. The molecule has 1 fully saturated rings. The Hall–Kier alpha value is -2.35. The molecular weight excluding hydrogens is 487 g/mol. The van der Waals surface area contributed by atoms with Crippen LogP contribution in [-0.4, -0.2) is 37.1 Å². The Balaban J connectivity index is 1.37. The quantitative estimate of drug-likeness (QED) is 0.468. The molecule has 5 nitrogen and oxygen atoms in total. The third-order valence-corrected chi connectivity index (χ3v) is 6.35. The lowest BCUT2D eigenvalue weighted by Crippen LogP contribution is -2.40. The van der Waals surface area contributed by atoms with E-state index in [9.17, 15) is 4.79 Å². The summed E-state index contributed by atoms with van der Waals surface area (Å²) in [6.07, 6.45) is 3.98. The largest absolute Gasteiger partial charge is 0.377 e. The number of amides is 1. The Labute approximate surface area is 191 Å². The van der Waals surface area contributed by atoms with Gasteiger partial charge >= 0.3 is 0 Å². The first kappa shape index (κ1) is 20.9. The predicted molar refractivity (Wildman–Crippen MR) is 132 cm³/mol. The Bertz CT molecular complexity index is 1040. The molecule has 0 spiro atoms. The third-order valence-electron chi connectivity index (χ3n) is 5.68. The van der Waals surface area contributed by atoms with Crippen molar-refractivity contribution in [2.24, 2.45) is 0 Å². The highest BCUT2D eigenvalue weighted by Crippen LogP contribution is 2.29. The number of hydrogen-bond acceptors (Lipinski definition) is 4. The van der Waals surface area contributed by atoms with Crippen LogP contribution in [0, 0.1) is 3.57 Å². The van der Waals surface area contributed by atoms with Gasteiger partial charge in [0.1, 0.15) is 5.82 Å². The monoisotopic (exact) mass is 514 g/mol. The topological polar surface area (TPSA) is 57.3 Å². The number of fused-ring (bicyclic) bond motifs is 1. The number of rotatable bonds is 5. The number of nitrogens with zero attached hydrogens (tertiary/aromatic N) is 2. The van der Waals surface area contributed by atoms with E-state index in [0.29, 0.717) is 6.04 Å². The molecule has 1 amide bonds. The Morgan fingerprint density at radius 3 is 2.47 bits per heavy atom. The van der Waals surface area contributed by atoms with E-state index in [2.05, 4.69) is 76.5 Å². The summed E-state index contributed by atoms with van der Waals surface area (Å²) < 4.78 is 1.08. The van der Waals surface area contributed by atoms with Crippen LogP contribution in [0.4, 0.5) is 11.5 Å². The summed E-state index contributed by atoms with van der Waals surface area (Å²) in [5.74, 6) is 0.945. The molecule has 1 aliphatic rings. The maximum absolute atomic E-state index is 12.5. The molecule has 3 aromatic rings. The first-order chi connectivity index (χ1) is 14.5. The summed E-state index contributed by atoms with van der Waals surface area (Å²) in [7, 11) is 4.13. The van der Waals surface area contributed by atoms with Crippen molar-refractivity contribution in [2.75, 3.05) is 24.3 Å². The average molecular weight is 514 g/mol. The van der Waals surface area contributed by atoms with Gasteiger partial charge in [-0.25, -0.2) is 4.98 Å². The zero-order valence-corrected chi connectivity index (χ0v) is 19.5. The molecule has 2 aromatic carbocycles. The van der Waals surface area contributed by atoms with E-state index in [1.54, 1.807) is 0 Å². The van der Waals surface area contributed by atoms with E-state index < -0.39 is 0 Å². The number of para-hydroxylation sites is 1. The van der Waals surface area contributed by atoms with Gasteiger partial charge < -0.3 is 15.5 Å². The number of anilines is 2. The molecular formula is C24H27IN4O. The molecule has 6 heteroatoms. The summed E-state index contributed by atoms with van der Waals surface area (Å²) in [6, 6.07) is 18.7. The molecule has 0 aliphatic heterocycles. The number of pyridine rings is 1. The number of halogens is 1. The van der Waals surface area contributed by atoms with Crippen LogP contribution in [0.1, 0.15) is 36.0 Å². The lowest BCUT2D eigenvalue weighted by Gasteiger charge is -2.30. The van der Waals surface area contributed by atoms with Crippen molar-refractivity contribution in [2.45, 2.75) is 37.8 Å². The van der Waals surface area contributed by atoms with E-state index >= 15 is 0 Å². The molecule has 1 heterocycles. The number of nitrogens with one attached hydrogen (secondary N) is 2.